The summed E-state index contributed by atoms with van der Waals surface area (Å²) in [7, 11) is 1.76. The van der Waals surface area contributed by atoms with Crippen LogP contribution >= 0.6 is 0 Å². The number of aryl methyl sites for hydroxylation is 1. The highest BCUT2D eigenvalue weighted by Crippen LogP contribution is 2.14. The van der Waals surface area contributed by atoms with Crippen molar-refractivity contribution in [3.63, 3.8) is 0 Å². The second-order valence-electron chi connectivity index (χ2n) is 4.07. The van der Waals surface area contributed by atoms with Gasteiger partial charge in [0.2, 0.25) is 0 Å². The number of nitrogens with zero attached hydrogens (tertiary/aromatic N) is 3. The highest BCUT2D eigenvalue weighted by molar-refractivity contribution is 5.70. The van der Waals surface area contributed by atoms with Crippen LogP contribution in [-0.4, -0.2) is 29.7 Å². The van der Waals surface area contributed by atoms with Gasteiger partial charge in [-0.3, -0.25) is 4.79 Å². The Hall–Kier alpha value is -2.09. The van der Waals surface area contributed by atoms with Crippen molar-refractivity contribution in [2.75, 3.05) is 18.5 Å². The Morgan fingerprint density at radius 2 is 2.29 bits per heavy atom. The minimum atomic E-state index is -0.843. The van der Waals surface area contributed by atoms with Crippen LogP contribution in [0.1, 0.15) is 18.2 Å². The van der Waals surface area contributed by atoms with Gasteiger partial charge < -0.3 is 10.0 Å². The third kappa shape index (κ3) is 3.18. The molecule has 1 rings (SSSR count). The molecule has 0 aliphatic heterocycles. The number of pyridine rings is 1. The van der Waals surface area contributed by atoms with Gasteiger partial charge in [-0.25, -0.2) is 4.98 Å². The van der Waals surface area contributed by atoms with Crippen molar-refractivity contribution in [3.8, 4) is 6.07 Å². The van der Waals surface area contributed by atoms with E-state index in [1.54, 1.807) is 24.9 Å². The topological polar surface area (TPSA) is 77.2 Å². The number of anilines is 1. The molecule has 17 heavy (non-hydrogen) atoms. The number of carboxylic acid groups (broad SMARTS) is 1. The number of rotatable bonds is 4. The smallest absolute Gasteiger partial charge is 0.308 e. The molecular formula is C12H15N3O2. The van der Waals surface area contributed by atoms with E-state index >= 15 is 0 Å². The Morgan fingerprint density at radius 1 is 1.65 bits per heavy atom. The van der Waals surface area contributed by atoms with E-state index in [0.717, 1.165) is 5.56 Å². The number of carbonyl (C=O) groups is 1. The van der Waals surface area contributed by atoms with E-state index in [0.29, 0.717) is 18.1 Å². The second kappa shape index (κ2) is 5.30. The van der Waals surface area contributed by atoms with Gasteiger partial charge in [-0.1, -0.05) is 13.0 Å². The third-order valence-electron chi connectivity index (χ3n) is 2.55. The zero-order valence-corrected chi connectivity index (χ0v) is 10.1. The molecule has 0 saturated carbocycles. The average molecular weight is 233 g/mol. The molecule has 1 unspecified atom stereocenters. The zero-order chi connectivity index (χ0) is 13.0. The summed E-state index contributed by atoms with van der Waals surface area (Å²) in [6, 6.07) is 5.60. The number of aromatic nitrogens is 1. The molecule has 1 aromatic heterocycles. The van der Waals surface area contributed by atoms with Crippen LogP contribution in [0.15, 0.2) is 12.1 Å². The van der Waals surface area contributed by atoms with Crippen molar-refractivity contribution in [1.82, 2.24) is 4.98 Å². The Kier molecular flexibility index (Phi) is 4.05. The predicted molar refractivity (Wildman–Crippen MR) is 63.8 cm³/mol. The fraction of sp³-hybridized carbons (Fsp3) is 0.417. The van der Waals surface area contributed by atoms with Crippen LogP contribution in [0.25, 0.3) is 0 Å². The van der Waals surface area contributed by atoms with E-state index in [9.17, 15) is 4.79 Å². The third-order valence-corrected chi connectivity index (χ3v) is 2.55. The van der Waals surface area contributed by atoms with E-state index in [1.807, 2.05) is 19.1 Å². The largest absolute Gasteiger partial charge is 0.481 e. The molecule has 90 valence electrons. The van der Waals surface area contributed by atoms with Crippen molar-refractivity contribution in [2.45, 2.75) is 13.8 Å². The molecule has 1 aromatic rings. The summed E-state index contributed by atoms with van der Waals surface area (Å²) in [5.74, 6) is -0.710. The van der Waals surface area contributed by atoms with Gasteiger partial charge in [-0.15, -0.1) is 0 Å². The van der Waals surface area contributed by atoms with E-state index in [1.165, 1.54) is 0 Å². The summed E-state index contributed by atoms with van der Waals surface area (Å²) in [6.07, 6.45) is 0. The van der Waals surface area contributed by atoms with Crippen LogP contribution in [0.4, 0.5) is 5.82 Å². The number of hydrogen-bond donors (Lipinski definition) is 1. The summed E-state index contributed by atoms with van der Waals surface area (Å²) < 4.78 is 0. The van der Waals surface area contributed by atoms with E-state index in [2.05, 4.69) is 4.98 Å². The Morgan fingerprint density at radius 3 is 2.82 bits per heavy atom. The van der Waals surface area contributed by atoms with E-state index in [-0.39, 0.29) is 0 Å². The standard InChI is InChI=1S/C12H15N3O2/c1-8-4-5-11(14-10(8)6-13)15(3)7-9(2)12(16)17/h4-5,9H,7H2,1-3H3,(H,16,17). The van der Waals surface area contributed by atoms with Crippen molar-refractivity contribution >= 4 is 11.8 Å². The van der Waals surface area contributed by atoms with Crippen LogP contribution in [-0.2, 0) is 4.79 Å². The lowest BCUT2D eigenvalue weighted by atomic mass is 10.1. The molecule has 0 saturated heterocycles. The van der Waals surface area contributed by atoms with Crippen LogP contribution in [0.3, 0.4) is 0 Å². The van der Waals surface area contributed by atoms with Crippen LogP contribution in [0.5, 0.6) is 0 Å². The molecule has 5 heteroatoms. The summed E-state index contributed by atoms with van der Waals surface area (Å²) >= 11 is 0. The van der Waals surface area contributed by atoms with E-state index in [4.69, 9.17) is 10.4 Å². The molecule has 0 aliphatic carbocycles. The lowest BCUT2D eigenvalue weighted by Crippen LogP contribution is -2.29. The Balaban J connectivity index is 2.87. The lowest BCUT2D eigenvalue weighted by Gasteiger charge is -2.20. The minimum Gasteiger partial charge on any atom is -0.481 e. The van der Waals surface area contributed by atoms with Gasteiger partial charge in [0.1, 0.15) is 17.6 Å². The molecule has 1 heterocycles. The Labute approximate surface area is 100 Å². The number of hydrogen-bond acceptors (Lipinski definition) is 4. The van der Waals surface area contributed by atoms with Crippen LogP contribution < -0.4 is 4.90 Å². The molecule has 1 atom stereocenters. The molecular weight excluding hydrogens is 218 g/mol. The maximum Gasteiger partial charge on any atom is 0.308 e. The first-order chi connectivity index (χ1) is 7.95. The highest BCUT2D eigenvalue weighted by Gasteiger charge is 2.15. The molecule has 5 nitrogen and oxygen atoms in total. The lowest BCUT2D eigenvalue weighted by molar-refractivity contribution is -0.140. The monoisotopic (exact) mass is 233 g/mol. The molecule has 0 bridgehead atoms. The number of aliphatic carboxylic acids is 1. The van der Waals surface area contributed by atoms with Gasteiger partial charge in [0, 0.05) is 13.6 Å². The molecule has 1 N–H and O–H groups in total. The maximum absolute atomic E-state index is 10.7. The summed E-state index contributed by atoms with van der Waals surface area (Å²) in [4.78, 5) is 16.7. The maximum atomic E-state index is 10.7. The molecule has 0 amide bonds. The molecule has 0 spiro atoms. The summed E-state index contributed by atoms with van der Waals surface area (Å²) in [5.41, 5.74) is 1.19. The fourth-order valence-corrected chi connectivity index (χ4v) is 1.43. The van der Waals surface area contributed by atoms with Crippen LogP contribution in [0.2, 0.25) is 0 Å². The highest BCUT2D eigenvalue weighted by atomic mass is 16.4. The van der Waals surface area contributed by atoms with Crippen LogP contribution in [0, 0.1) is 24.2 Å². The number of nitriles is 1. The van der Waals surface area contributed by atoms with Crippen molar-refractivity contribution in [1.29, 1.82) is 5.26 Å². The zero-order valence-electron chi connectivity index (χ0n) is 10.1. The van der Waals surface area contributed by atoms with Crippen molar-refractivity contribution < 1.29 is 9.90 Å². The molecule has 0 radical (unpaired) electrons. The summed E-state index contributed by atoms with van der Waals surface area (Å²) in [6.45, 7) is 3.81. The minimum absolute atomic E-state index is 0.357. The number of carboxylic acids is 1. The fourth-order valence-electron chi connectivity index (χ4n) is 1.43. The molecule has 0 aliphatic rings. The van der Waals surface area contributed by atoms with Gasteiger partial charge in [-0.05, 0) is 18.6 Å². The SMILES string of the molecule is Cc1ccc(N(C)CC(C)C(=O)O)nc1C#N. The first-order valence-corrected chi connectivity index (χ1v) is 5.27. The first-order valence-electron chi connectivity index (χ1n) is 5.27. The second-order valence-corrected chi connectivity index (χ2v) is 4.07. The predicted octanol–water partition coefficient (Wildman–Crippen LogP) is 1.42. The van der Waals surface area contributed by atoms with Crippen molar-refractivity contribution in [2.24, 2.45) is 5.92 Å². The van der Waals surface area contributed by atoms with Gasteiger partial charge in [0.25, 0.3) is 0 Å². The van der Waals surface area contributed by atoms with Gasteiger partial charge in [0.05, 0.1) is 5.92 Å². The summed E-state index contributed by atoms with van der Waals surface area (Å²) in [5, 5.41) is 17.7. The molecule has 0 aromatic carbocycles. The molecule has 0 fully saturated rings. The normalized spacial score (nSPS) is 11.6. The van der Waals surface area contributed by atoms with Crippen molar-refractivity contribution in [3.05, 3.63) is 23.4 Å². The van der Waals surface area contributed by atoms with Gasteiger partial charge in [-0.2, -0.15) is 5.26 Å². The van der Waals surface area contributed by atoms with Gasteiger partial charge in [0.15, 0.2) is 0 Å². The Bertz CT molecular complexity index is 465. The first kappa shape index (κ1) is 13.0. The quantitative estimate of drug-likeness (QED) is 0.851. The van der Waals surface area contributed by atoms with Gasteiger partial charge >= 0.3 is 5.97 Å². The average Bonchev–Trinajstić information content (AvgIpc) is 2.29. The van der Waals surface area contributed by atoms with E-state index < -0.39 is 11.9 Å².